The molecule has 1 aliphatic rings. The van der Waals surface area contributed by atoms with E-state index in [1.807, 2.05) is 18.2 Å². The largest absolute Gasteiger partial charge is 0.495 e. The van der Waals surface area contributed by atoms with Crippen LogP contribution in [0.3, 0.4) is 0 Å². The van der Waals surface area contributed by atoms with E-state index in [1.165, 1.54) is 19.5 Å². The van der Waals surface area contributed by atoms with Crippen LogP contribution >= 0.6 is 23.8 Å². The van der Waals surface area contributed by atoms with E-state index in [0.29, 0.717) is 15.9 Å². The summed E-state index contributed by atoms with van der Waals surface area (Å²) >= 11 is 11.5. The Hall–Kier alpha value is -1.04. The van der Waals surface area contributed by atoms with Crippen LogP contribution in [-0.2, 0) is 0 Å². The normalized spacial score (nSPS) is 21.3. The fourth-order valence-electron chi connectivity index (χ4n) is 3.40. The highest BCUT2D eigenvalue weighted by molar-refractivity contribution is 7.80. The van der Waals surface area contributed by atoms with Gasteiger partial charge in [0.1, 0.15) is 5.75 Å². The standard InChI is InChI=1S/C18H28ClN3OS/c1-13-9-14(2)12-22(11-13)8-4-7-20-18(24)21-15-5-6-17(23-3)16(19)10-15/h5-6,10,13-14H,4,7-9,11-12H2,1-3H3,(H2,20,21,24)/t13-,14-/m1/s1. The molecule has 1 saturated heterocycles. The average molecular weight is 370 g/mol. The summed E-state index contributed by atoms with van der Waals surface area (Å²) in [6, 6.07) is 5.53. The van der Waals surface area contributed by atoms with E-state index in [4.69, 9.17) is 28.6 Å². The Morgan fingerprint density at radius 1 is 1.33 bits per heavy atom. The molecule has 0 saturated carbocycles. The molecule has 24 heavy (non-hydrogen) atoms. The van der Waals surface area contributed by atoms with Crippen molar-refractivity contribution >= 4 is 34.6 Å². The molecule has 0 bridgehead atoms. The van der Waals surface area contributed by atoms with Crippen molar-refractivity contribution in [3.05, 3.63) is 23.2 Å². The molecule has 0 aliphatic carbocycles. The van der Waals surface area contributed by atoms with Crippen LogP contribution in [0.1, 0.15) is 26.7 Å². The van der Waals surface area contributed by atoms with Gasteiger partial charge in [-0.25, -0.2) is 0 Å². The lowest BCUT2D eigenvalue weighted by atomic mass is 9.92. The second-order valence-corrected chi connectivity index (χ2v) is 7.60. The number of ether oxygens (including phenoxy) is 1. The maximum Gasteiger partial charge on any atom is 0.170 e. The van der Waals surface area contributed by atoms with E-state index in [0.717, 1.165) is 37.0 Å². The number of nitrogens with one attached hydrogen (secondary N) is 2. The number of hydrogen-bond donors (Lipinski definition) is 2. The monoisotopic (exact) mass is 369 g/mol. The van der Waals surface area contributed by atoms with E-state index in [1.54, 1.807) is 7.11 Å². The number of rotatable bonds is 6. The van der Waals surface area contributed by atoms with Crippen molar-refractivity contribution in [3.63, 3.8) is 0 Å². The van der Waals surface area contributed by atoms with Gasteiger partial charge in [-0.3, -0.25) is 0 Å². The van der Waals surface area contributed by atoms with Crippen molar-refractivity contribution in [2.24, 2.45) is 11.8 Å². The number of nitrogens with zero attached hydrogens (tertiary/aromatic N) is 1. The maximum absolute atomic E-state index is 6.12. The molecule has 0 aromatic heterocycles. The SMILES string of the molecule is COc1ccc(NC(=S)NCCCN2C[C@H](C)C[C@@H](C)C2)cc1Cl. The number of anilines is 1. The van der Waals surface area contributed by atoms with Crippen LogP contribution in [0.5, 0.6) is 5.75 Å². The Labute approximate surface area is 155 Å². The van der Waals surface area contributed by atoms with E-state index >= 15 is 0 Å². The van der Waals surface area contributed by atoms with Crippen molar-refractivity contribution in [2.45, 2.75) is 26.7 Å². The van der Waals surface area contributed by atoms with Crippen LogP contribution in [0.15, 0.2) is 18.2 Å². The second kappa shape index (κ2) is 9.44. The van der Waals surface area contributed by atoms with Crippen molar-refractivity contribution < 1.29 is 4.74 Å². The van der Waals surface area contributed by atoms with Gasteiger partial charge >= 0.3 is 0 Å². The molecule has 2 rings (SSSR count). The molecule has 1 heterocycles. The van der Waals surface area contributed by atoms with Crippen LogP contribution in [-0.4, -0.2) is 43.3 Å². The van der Waals surface area contributed by atoms with Crippen molar-refractivity contribution in [2.75, 3.05) is 38.6 Å². The number of hydrogen-bond acceptors (Lipinski definition) is 3. The number of likely N-dealkylation sites (tertiary alicyclic amines) is 1. The summed E-state index contributed by atoms with van der Waals surface area (Å²) in [6.07, 6.45) is 2.44. The van der Waals surface area contributed by atoms with Gasteiger partial charge in [0.25, 0.3) is 0 Å². The molecule has 1 aromatic carbocycles. The zero-order valence-corrected chi connectivity index (χ0v) is 16.3. The highest BCUT2D eigenvalue weighted by Crippen LogP contribution is 2.27. The fourth-order valence-corrected chi connectivity index (χ4v) is 3.88. The highest BCUT2D eigenvalue weighted by Gasteiger charge is 2.20. The van der Waals surface area contributed by atoms with Gasteiger partial charge in [-0.15, -0.1) is 0 Å². The summed E-state index contributed by atoms with van der Waals surface area (Å²) in [5, 5.41) is 7.60. The van der Waals surface area contributed by atoms with Crippen molar-refractivity contribution in [1.82, 2.24) is 10.2 Å². The lowest BCUT2D eigenvalue weighted by molar-refractivity contribution is 0.140. The molecule has 1 fully saturated rings. The van der Waals surface area contributed by atoms with Crippen LogP contribution in [0.25, 0.3) is 0 Å². The second-order valence-electron chi connectivity index (χ2n) is 6.79. The minimum Gasteiger partial charge on any atom is -0.495 e. The first-order valence-corrected chi connectivity index (χ1v) is 9.37. The summed E-state index contributed by atoms with van der Waals surface area (Å²) in [6.45, 7) is 9.13. The number of thiocarbonyl (C=S) groups is 1. The summed E-state index contributed by atoms with van der Waals surface area (Å²) in [5.74, 6) is 2.28. The Balaban J connectivity index is 1.67. The predicted octanol–water partition coefficient (Wildman–Crippen LogP) is 4.00. The molecule has 0 amide bonds. The number of piperidine rings is 1. The van der Waals surface area contributed by atoms with E-state index in [2.05, 4.69) is 29.4 Å². The molecule has 0 spiro atoms. The molecule has 4 nitrogen and oxygen atoms in total. The molecule has 134 valence electrons. The zero-order chi connectivity index (χ0) is 17.5. The lowest BCUT2D eigenvalue weighted by Gasteiger charge is -2.35. The quantitative estimate of drug-likeness (QED) is 0.585. The van der Waals surface area contributed by atoms with Gasteiger partial charge in [0.2, 0.25) is 0 Å². The first kappa shape index (κ1) is 19.3. The van der Waals surface area contributed by atoms with E-state index in [9.17, 15) is 0 Å². The van der Waals surface area contributed by atoms with Gasteiger partial charge in [0, 0.05) is 25.3 Å². The number of methoxy groups -OCH3 is 1. The van der Waals surface area contributed by atoms with Gasteiger partial charge in [-0.2, -0.15) is 0 Å². The molecule has 2 atom stereocenters. The fraction of sp³-hybridized carbons (Fsp3) is 0.611. The minimum absolute atomic E-state index is 0.568. The summed E-state index contributed by atoms with van der Waals surface area (Å²) in [5.41, 5.74) is 0.858. The van der Waals surface area contributed by atoms with E-state index < -0.39 is 0 Å². The van der Waals surface area contributed by atoms with Crippen LogP contribution < -0.4 is 15.4 Å². The van der Waals surface area contributed by atoms with Gasteiger partial charge in [0.15, 0.2) is 5.11 Å². The lowest BCUT2D eigenvalue weighted by Crippen LogP contribution is -2.40. The predicted molar refractivity (Wildman–Crippen MR) is 106 cm³/mol. The third-order valence-electron chi connectivity index (χ3n) is 4.29. The molecule has 1 aliphatic heterocycles. The Morgan fingerprint density at radius 3 is 2.67 bits per heavy atom. The Morgan fingerprint density at radius 2 is 2.04 bits per heavy atom. The van der Waals surface area contributed by atoms with Gasteiger partial charge in [-0.1, -0.05) is 25.4 Å². The van der Waals surface area contributed by atoms with Crippen LogP contribution in [0, 0.1) is 11.8 Å². The summed E-state index contributed by atoms with van der Waals surface area (Å²) in [4.78, 5) is 2.57. The molecule has 6 heteroatoms. The number of halogens is 1. The average Bonchev–Trinajstić information content (AvgIpc) is 2.51. The first-order chi connectivity index (χ1) is 11.5. The Kier molecular flexibility index (Phi) is 7.59. The van der Waals surface area contributed by atoms with E-state index in [-0.39, 0.29) is 0 Å². The molecule has 2 N–H and O–H groups in total. The van der Waals surface area contributed by atoms with Crippen LogP contribution in [0.2, 0.25) is 5.02 Å². The summed E-state index contributed by atoms with van der Waals surface area (Å²) < 4.78 is 5.14. The highest BCUT2D eigenvalue weighted by atomic mass is 35.5. The third kappa shape index (κ3) is 6.11. The first-order valence-electron chi connectivity index (χ1n) is 8.58. The maximum atomic E-state index is 6.12. The molecule has 0 unspecified atom stereocenters. The smallest absolute Gasteiger partial charge is 0.170 e. The topological polar surface area (TPSA) is 36.5 Å². The molecular formula is C18H28ClN3OS. The number of benzene rings is 1. The van der Waals surface area contributed by atoms with Gasteiger partial charge in [-0.05, 0) is 61.6 Å². The summed E-state index contributed by atoms with van der Waals surface area (Å²) in [7, 11) is 1.60. The van der Waals surface area contributed by atoms with Crippen LogP contribution in [0.4, 0.5) is 5.69 Å². The minimum atomic E-state index is 0.568. The van der Waals surface area contributed by atoms with Gasteiger partial charge < -0.3 is 20.3 Å². The third-order valence-corrected chi connectivity index (χ3v) is 4.83. The van der Waals surface area contributed by atoms with Crippen molar-refractivity contribution in [3.8, 4) is 5.75 Å². The zero-order valence-electron chi connectivity index (χ0n) is 14.8. The van der Waals surface area contributed by atoms with Crippen molar-refractivity contribution in [1.29, 1.82) is 0 Å². The molecule has 1 aromatic rings. The molecular weight excluding hydrogens is 342 g/mol. The van der Waals surface area contributed by atoms with Gasteiger partial charge in [0.05, 0.1) is 12.1 Å². The Bertz CT molecular complexity index is 545. The molecule has 0 radical (unpaired) electrons.